The molecule has 6 heteroatoms. The molecule has 0 bridgehead atoms. The number of unbranched alkanes of at least 4 members (excludes halogenated alkanes) is 4. The van der Waals surface area contributed by atoms with Gasteiger partial charge in [0.1, 0.15) is 6.61 Å². The van der Waals surface area contributed by atoms with Gasteiger partial charge >= 0.3 is 5.97 Å². The Hall–Kier alpha value is -1.50. The van der Waals surface area contributed by atoms with Crippen molar-refractivity contribution in [3.05, 3.63) is 30.1 Å². The van der Waals surface area contributed by atoms with Gasteiger partial charge in [0, 0.05) is 25.0 Å². The summed E-state index contributed by atoms with van der Waals surface area (Å²) in [6.45, 7) is 11.3. The van der Waals surface area contributed by atoms with Gasteiger partial charge in [-0.25, -0.2) is 4.79 Å². The Balaban J connectivity index is 2.21. The molecule has 0 aromatic carbocycles. The molecule has 4 unspecified atom stereocenters. The summed E-state index contributed by atoms with van der Waals surface area (Å²) in [6.07, 6.45) is 13.8. The van der Waals surface area contributed by atoms with Crippen LogP contribution in [0.25, 0.3) is 0 Å². The fourth-order valence-electron chi connectivity index (χ4n) is 4.49. The summed E-state index contributed by atoms with van der Waals surface area (Å²) in [5.74, 6) is 1.22. The Bertz CT molecular complexity index is 681. The summed E-state index contributed by atoms with van der Waals surface area (Å²) >= 11 is 0. The van der Waals surface area contributed by atoms with Crippen LogP contribution in [0.1, 0.15) is 109 Å². The molecule has 1 rings (SSSR count). The SMILES string of the molecule is CC(C)CCCC(C)CCCCCCCC(C)(O)C(O)C(C)N(C)CCOC(=O)c1cccnc1. The van der Waals surface area contributed by atoms with Crippen LogP contribution in [0, 0.1) is 11.8 Å². The largest absolute Gasteiger partial charge is 0.461 e. The lowest BCUT2D eigenvalue weighted by Crippen LogP contribution is -2.52. The highest BCUT2D eigenvalue weighted by Gasteiger charge is 2.35. The smallest absolute Gasteiger partial charge is 0.339 e. The van der Waals surface area contributed by atoms with Crippen LogP contribution in [0.5, 0.6) is 0 Å². The van der Waals surface area contributed by atoms with E-state index in [2.05, 4.69) is 25.8 Å². The molecule has 1 aromatic heterocycles. The van der Waals surface area contributed by atoms with Crippen LogP contribution in [-0.2, 0) is 4.74 Å². The average molecular weight is 493 g/mol. The summed E-state index contributed by atoms with van der Waals surface area (Å²) in [6, 6.07) is 3.09. The van der Waals surface area contributed by atoms with E-state index in [0.717, 1.165) is 24.7 Å². The highest BCUT2D eigenvalue weighted by Crippen LogP contribution is 2.24. The summed E-state index contributed by atoms with van der Waals surface area (Å²) < 4.78 is 5.30. The molecule has 2 N–H and O–H groups in total. The predicted molar refractivity (Wildman–Crippen MR) is 143 cm³/mol. The van der Waals surface area contributed by atoms with E-state index in [4.69, 9.17) is 4.74 Å². The van der Waals surface area contributed by atoms with Crippen LogP contribution in [0.2, 0.25) is 0 Å². The van der Waals surface area contributed by atoms with Crippen molar-refractivity contribution in [2.75, 3.05) is 20.2 Å². The van der Waals surface area contributed by atoms with E-state index < -0.39 is 17.7 Å². The van der Waals surface area contributed by atoms with Crippen molar-refractivity contribution in [2.24, 2.45) is 11.8 Å². The maximum absolute atomic E-state index is 12.0. The molecule has 0 saturated carbocycles. The summed E-state index contributed by atoms with van der Waals surface area (Å²) in [7, 11) is 1.87. The molecule has 0 amide bonds. The molecule has 6 nitrogen and oxygen atoms in total. The number of pyridine rings is 1. The zero-order chi connectivity index (χ0) is 26.3. The second-order valence-electron chi connectivity index (χ2n) is 11.1. The van der Waals surface area contributed by atoms with Crippen molar-refractivity contribution < 1.29 is 19.7 Å². The Morgan fingerprint density at radius 3 is 2.37 bits per heavy atom. The van der Waals surface area contributed by atoms with Crippen molar-refractivity contribution >= 4 is 5.97 Å². The fourth-order valence-corrected chi connectivity index (χ4v) is 4.49. The molecule has 0 saturated heterocycles. The molecule has 1 heterocycles. The molecule has 0 aliphatic rings. The van der Waals surface area contributed by atoms with E-state index in [1.54, 1.807) is 25.3 Å². The third-order valence-electron chi connectivity index (χ3n) is 7.22. The molecular formula is C29H52N2O4. The van der Waals surface area contributed by atoms with Gasteiger partial charge in [0.15, 0.2) is 0 Å². The third-order valence-corrected chi connectivity index (χ3v) is 7.22. The van der Waals surface area contributed by atoms with Crippen LogP contribution < -0.4 is 0 Å². The van der Waals surface area contributed by atoms with E-state index in [9.17, 15) is 15.0 Å². The van der Waals surface area contributed by atoms with Crippen LogP contribution in [0.3, 0.4) is 0 Å². The summed E-state index contributed by atoms with van der Waals surface area (Å²) in [5, 5.41) is 21.7. The van der Waals surface area contributed by atoms with E-state index >= 15 is 0 Å². The van der Waals surface area contributed by atoms with Gasteiger partial charge in [-0.2, -0.15) is 0 Å². The Kier molecular flexibility index (Phi) is 15.4. The maximum Gasteiger partial charge on any atom is 0.339 e. The van der Waals surface area contributed by atoms with Gasteiger partial charge < -0.3 is 14.9 Å². The van der Waals surface area contributed by atoms with Gasteiger partial charge in [0.25, 0.3) is 0 Å². The Morgan fingerprint density at radius 1 is 1.06 bits per heavy atom. The van der Waals surface area contributed by atoms with Crippen molar-refractivity contribution in [2.45, 2.75) is 117 Å². The highest BCUT2D eigenvalue weighted by molar-refractivity contribution is 5.88. The molecular weight excluding hydrogens is 440 g/mol. The molecule has 0 fully saturated rings. The minimum atomic E-state index is -1.15. The topological polar surface area (TPSA) is 82.9 Å². The number of carbonyl (C=O) groups is 1. The molecule has 202 valence electrons. The monoisotopic (exact) mass is 492 g/mol. The molecule has 0 aliphatic heterocycles. The second-order valence-corrected chi connectivity index (χ2v) is 11.1. The van der Waals surface area contributed by atoms with Crippen LogP contribution >= 0.6 is 0 Å². The van der Waals surface area contributed by atoms with E-state index in [1.807, 2.05) is 18.9 Å². The number of aliphatic hydroxyl groups excluding tert-OH is 1. The van der Waals surface area contributed by atoms with Crippen LogP contribution in [0.4, 0.5) is 0 Å². The van der Waals surface area contributed by atoms with Crippen molar-refractivity contribution in [1.82, 2.24) is 9.88 Å². The fraction of sp³-hybridized carbons (Fsp3) is 0.793. The lowest BCUT2D eigenvalue weighted by molar-refractivity contribution is -0.0994. The highest BCUT2D eigenvalue weighted by atomic mass is 16.5. The van der Waals surface area contributed by atoms with Crippen LogP contribution in [0.15, 0.2) is 24.5 Å². The number of hydrogen-bond donors (Lipinski definition) is 2. The first-order valence-corrected chi connectivity index (χ1v) is 13.7. The molecule has 4 atom stereocenters. The number of aliphatic hydroxyl groups is 2. The first-order valence-electron chi connectivity index (χ1n) is 13.7. The quantitative estimate of drug-likeness (QED) is 0.186. The van der Waals surface area contributed by atoms with Gasteiger partial charge in [0.2, 0.25) is 0 Å². The molecule has 0 radical (unpaired) electrons. The van der Waals surface area contributed by atoms with E-state index in [1.165, 1.54) is 51.1 Å². The Morgan fingerprint density at radius 2 is 1.71 bits per heavy atom. The number of carbonyl (C=O) groups excluding carboxylic acids is 1. The number of aromatic nitrogens is 1. The number of likely N-dealkylation sites (N-methyl/N-ethyl adjacent to an activating group) is 1. The number of esters is 1. The summed E-state index contributed by atoms with van der Waals surface area (Å²) in [5.41, 5.74) is -0.729. The van der Waals surface area contributed by atoms with Gasteiger partial charge in [-0.05, 0) is 51.3 Å². The zero-order valence-electron chi connectivity index (χ0n) is 23.2. The lowest BCUT2D eigenvalue weighted by Gasteiger charge is -2.37. The minimum absolute atomic E-state index is 0.208. The van der Waals surface area contributed by atoms with Gasteiger partial charge in [-0.1, -0.05) is 78.6 Å². The van der Waals surface area contributed by atoms with Gasteiger partial charge in [-0.15, -0.1) is 0 Å². The number of hydrogen-bond acceptors (Lipinski definition) is 6. The van der Waals surface area contributed by atoms with E-state index in [0.29, 0.717) is 18.5 Å². The molecule has 0 spiro atoms. The molecule has 1 aromatic rings. The Labute approximate surface area is 214 Å². The third kappa shape index (κ3) is 13.4. The van der Waals surface area contributed by atoms with Crippen molar-refractivity contribution in [3.63, 3.8) is 0 Å². The molecule has 35 heavy (non-hydrogen) atoms. The number of nitrogens with zero attached hydrogens (tertiary/aromatic N) is 2. The number of ether oxygens (including phenoxy) is 1. The lowest BCUT2D eigenvalue weighted by atomic mass is 9.87. The van der Waals surface area contributed by atoms with Crippen LogP contribution in [-0.4, -0.2) is 64.0 Å². The van der Waals surface area contributed by atoms with Gasteiger partial charge in [0.05, 0.1) is 17.3 Å². The maximum atomic E-state index is 12.0. The predicted octanol–water partition coefficient (Wildman–Crippen LogP) is 5.86. The zero-order valence-corrected chi connectivity index (χ0v) is 23.2. The normalized spacial score (nSPS) is 16.2. The van der Waals surface area contributed by atoms with Gasteiger partial charge in [-0.3, -0.25) is 9.88 Å². The standard InChI is InChI=1S/C29H52N2O4/c1-23(2)14-12-16-24(3)15-10-8-7-9-11-18-29(5,34)27(32)25(4)31(6)20-21-35-28(33)26-17-13-19-30-22-26/h13,17,19,22-25,27,32,34H,7-12,14-16,18,20-21H2,1-6H3. The first-order chi connectivity index (χ1) is 16.5. The molecule has 0 aliphatic carbocycles. The second kappa shape index (κ2) is 17.0. The van der Waals surface area contributed by atoms with Crippen molar-refractivity contribution in [3.8, 4) is 0 Å². The first kappa shape index (κ1) is 31.5. The number of rotatable bonds is 19. The summed E-state index contributed by atoms with van der Waals surface area (Å²) in [4.78, 5) is 17.9. The average Bonchev–Trinajstić information content (AvgIpc) is 2.82. The van der Waals surface area contributed by atoms with E-state index in [-0.39, 0.29) is 12.6 Å². The van der Waals surface area contributed by atoms with Crippen molar-refractivity contribution in [1.29, 1.82) is 0 Å². The minimum Gasteiger partial charge on any atom is -0.461 e.